The van der Waals surface area contributed by atoms with E-state index >= 15 is 0 Å². The van der Waals surface area contributed by atoms with Gasteiger partial charge in [-0.2, -0.15) is 0 Å². The van der Waals surface area contributed by atoms with Gasteiger partial charge in [0.15, 0.2) is 0 Å². The monoisotopic (exact) mass is 479 g/mol. The molecule has 0 radical (unpaired) electrons. The average molecular weight is 480 g/mol. The molecule has 0 aliphatic heterocycles. The van der Waals surface area contributed by atoms with Crippen LogP contribution in [-0.4, -0.2) is 23.0 Å². The van der Waals surface area contributed by atoms with E-state index in [-0.39, 0.29) is 6.42 Å². The van der Waals surface area contributed by atoms with Crippen LogP contribution in [0.3, 0.4) is 0 Å². The number of carbonyl (C=O) groups is 2. The molecule has 0 aromatic heterocycles. The van der Waals surface area contributed by atoms with Crippen LogP contribution in [0.5, 0.6) is 5.75 Å². The molecule has 0 aliphatic rings. The lowest BCUT2D eigenvalue weighted by atomic mass is 10.0. The molecule has 4 aromatic rings. The van der Waals surface area contributed by atoms with Gasteiger partial charge < -0.3 is 15.2 Å². The Balaban J connectivity index is 1.37. The first-order chi connectivity index (χ1) is 17.4. The van der Waals surface area contributed by atoms with Gasteiger partial charge in [-0.15, -0.1) is 0 Å². The molecule has 0 fully saturated rings. The van der Waals surface area contributed by atoms with Gasteiger partial charge in [0.05, 0.1) is 0 Å². The van der Waals surface area contributed by atoms with E-state index in [1.54, 1.807) is 12.1 Å². The SMILES string of the molecule is Cc1cc(C)cc(COc2ccc(-c3ccc(C(=O)NC(Cc4ccccc4)C(=O)O)cc3)cc2)c1. The van der Waals surface area contributed by atoms with Gasteiger partial charge in [-0.25, -0.2) is 4.79 Å². The molecule has 0 heterocycles. The molecule has 4 aromatic carbocycles. The first kappa shape index (κ1) is 24.7. The molecule has 4 rings (SSSR count). The molecule has 0 saturated carbocycles. The lowest BCUT2D eigenvalue weighted by Gasteiger charge is -2.15. The van der Waals surface area contributed by atoms with Crippen LogP contribution in [0, 0.1) is 13.8 Å². The Kier molecular flexibility index (Phi) is 7.81. The van der Waals surface area contributed by atoms with E-state index in [0.29, 0.717) is 12.2 Å². The van der Waals surface area contributed by atoms with Crippen LogP contribution in [0.1, 0.15) is 32.6 Å². The van der Waals surface area contributed by atoms with Crippen LogP contribution < -0.4 is 10.1 Å². The zero-order valence-corrected chi connectivity index (χ0v) is 20.4. The smallest absolute Gasteiger partial charge is 0.326 e. The van der Waals surface area contributed by atoms with Gasteiger partial charge in [0.1, 0.15) is 18.4 Å². The predicted molar refractivity (Wildman–Crippen MR) is 141 cm³/mol. The number of carboxylic acid groups (broad SMARTS) is 1. The molecule has 5 heteroatoms. The number of amides is 1. The van der Waals surface area contributed by atoms with Crippen molar-refractivity contribution in [3.05, 3.63) is 125 Å². The number of rotatable bonds is 9. The summed E-state index contributed by atoms with van der Waals surface area (Å²) in [4.78, 5) is 24.4. The summed E-state index contributed by atoms with van der Waals surface area (Å²) in [5.74, 6) is -0.698. The third-order valence-electron chi connectivity index (χ3n) is 5.91. The van der Waals surface area contributed by atoms with Gasteiger partial charge in [-0.1, -0.05) is 83.9 Å². The van der Waals surface area contributed by atoms with Crippen molar-refractivity contribution in [1.82, 2.24) is 5.32 Å². The first-order valence-electron chi connectivity index (χ1n) is 11.9. The third-order valence-corrected chi connectivity index (χ3v) is 5.91. The fourth-order valence-corrected chi connectivity index (χ4v) is 4.17. The maximum Gasteiger partial charge on any atom is 0.326 e. The molecule has 36 heavy (non-hydrogen) atoms. The Morgan fingerprint density at radius 3 is 1.94 bits per heavy atom. The minimum Gasteiger partial charge on any atom is -0.489 e. The average Bonchev–Trinajstić information content (AvgIpc) is 2.87. The molecule has 2 N–H and O–H groups in total. The summed E-state index contributed by atoms with van der Waals surface area (Å²) in [6, 6.07) is 29.6. The van der Waals surface area contributed by atoms with Crippen molar-refractivity contribution in [3.8, 4) is 16.9 Å². The van der Waals surface area contributed by atoms with Crippen LogP contribution in [0.15, 0.2) is 97.1 Å². The summed E-state index contributed by atoms with van der Waals surface area (Å²) in [6.07, 6.45) is 0.220. The molecular formula is C31H29NO4. The van der Waals surface area contributed by atoms with Crippen molar-refractivity contribution in [1.29, 1.82) is 0 Å². The van der Waals surface area contributed by atoms with Crippen LogP contribution in [0.4, 0.5) is 0 Å². The molecule has 1 unspecified atom stereocenters. The summed E-state index contributed by atoms with van der Waals surface area (Å²) >= 11 is 0. The van der Waals surface area contributed by atoms with Gasteiger partial charge in [0, 0.05) is 12.0 Å². The van der Waals surface area contributed by atoms with Gasteiger partial charge in [-0.3, -0.25) is 4.79 Å². The number of aryl methyl sites for hydroxylation is 2. The lowest BCUT2D eigenvalue weighted by Crippen LogP contribution is -2.42. The minimum atomic E-state index is -1.07. The van der Waals surface area contributed by atoms with Crippen molar-refractivity contribution in [2.45, 2.75) is 32.9 Å². The number of carboxylic acids is 1. The predicted octanol–water partition coefficient (Wildman–Crippen LogP) is 5.98. The molecule has 0 saturated heterocycles. The van der Waals surface area contributed by atoms with Crippen LogP contribution in [0.2, 0.25) is 0 Å². The number of hydrogen-bond acceptors (Lipinski definition) is 3. The molecule has 0 bridgehead atoms. The highest BCUT2D eigenvalue weighted by Gasteiger charge is 2.21. The summed E-state index contributed by atoms with van der Waals surface area (Å²) in [5.41, 5.74) is 6.78. The van der Waals surface area contributed by atoms with E-state index in [2.05, 4.69) is 37.4 Å². The number of benzene rings is 4. The highest BCUT2D eigenvalue weighted by molar-refractivity contribution is 5.97. The number of hydrogen-bond donors (Lipinski definition) is 2. The second kappa shape index (κ2) is 11.4. The lowest BCUT2D eigenvalue weighted by molar-refractivity contribution is -0.139. The Morgan fingerprint density at radius 1 is 0.778 bits per heavy atom. The summed E-state index contributed by atoms with van der Waals surface area (Å²) in [7, 11) is 0. The normalized spacial score (nSPS) is 11.5. The van der Waals surface area contributed by atoms with E-state index < -0.39 is 17.9 Å². The zero-order valence-electron chi connectivity index (χ0n) is 20.4. The summed E-state index contributed by atoms with van der Waals surface area (Å²) in [6.45, 7) is 4.66. The quantitative estimate of drug-likeness (QED) is 0.310. The van der Waals surface area contributed by atoms with Crippen LogP contribution >= 0.6 is 0 Å². The topological polar surface area (TPSA) is 75.6 Å². The molecule has 0 aliphatic carbocycles. The summed E-state index contributed by atoms with van der Waals surface area (Å²) in [5, 5.41) is 12.2. The van der Waals surface area contributed by atoms with Crippen molar-refractivity contribution in [2.24, 2.45) is 0 Å². The van der Waals surface area contributed by atoms with Crippen molar-refractivity contribution in [3.63, 3.8) is 0 Å². The van der Waals surface area contributed by atoms with E-state index in [0.717, 1.165) is 28.0 Å². The third kappa shape index (κ3) is 6.60. The molecule has 1 amide bonds. The van der Waals surface area contributed by atoms with E-state index in [1.807, 2.05) is 66.7 Å². The second-order valence-corrected chi connectivity index (χ2v) is 8.94. The van der Waals surface area contributed by atoms with Crippen LogP contribution in [-0.2, 0) is 17.8 Å². The Labute approximate surface area is 211 Å². The highest BCUT2D eigenvalue weighted by Crippen LogP contribution is 2.24. The second-order valence-electron chi connectivity index (χ2n) is 8.94. The fourth-order valence-electron chi connectivity index (χ4n) is 4.17. The Hall–Kier alpha value is -4.38. The molecule has 1 atom stereocenters. The minimum absolute atomic E-state index is 0.220. The highest BCUT2D eigenvalue weighted by atomic mass is 16.5. The molecule has 0 spiro atoms. The molecular weight excluding hydrogens is 450 g/mol. The largest absolute Gasteiger partial charge is 0.489 e. The maximum absolute atomic E-state index is 12.7. The number of nitrogens with one attached hydrogen (secondary N) is 1. The summed E-state index contributed by atoms with van der Waals surface area (Å²) < 4.78 is 5.94. The van der Waals surface area contributed by atoms with Gasteiger partial charge in [-0.05, 0) is 60.4 Å². The first-order valence-corrected chi connectivity index (χ1v) is 11.9. The molecule has 5 nitrogen and oxygen atoms in total. The number of carbonyl (C=O) groups excluding carboxylic acids is 1. The van der Waals surface area contributed by atoms with Gasteiger partial charge >= 0.3 is 5.97 Å². The fraction of sp³-hybridized carbons (Fsp3) is 0.161. The van der Waals surface area contributed by atoms with Crippen molar-refractivity contribution in [2.75, 3.05) is 0 Å². The standard InChI is InChI=1S/C31H29NO4/c1-21-16-22(2)18-24(17-21)20-36-28-14-12-26(13-15-28)25-8-10-27(11-9-25)30(33)32-29(31(34)35)19-23-6-4-3-5-7-23/h3-18,29H,19-20H2,1-2H3,(H,32,33)(H,34,35). The number of ether oxygens (including phenoxy) is 1. The molecule has 182 valence electrons. The van der Waals surface area contributed by atoms with Crippen LogP contribution in [0.25, 0.3) is 11.1 Å². The van der Waals surface area contributed by atoms with E-state index in [9.17, 15) is 14.7 Å². The van der Waals surface area contributed by atoms with Gasteiger partial charge in [0.25, 0.3) is 5.91 Å². The maximum atomic E-state index is 12.7. The number of aliphatic carboxylic acids is 1. The van der Waals surface area contributed by atoms with Crippen molar-refractivity contribution < 1.29 is 19.4 Å². The van der Waals surface area contributed by atoms with Gasteiger partial charge in [0.2, 0.25) is 0 Å². The Morgan fingerprint density at radius 2 is 1.36 bits per heavy atom. The zero-order chi connectivity index (χ0) is 25.5. The van der Waals surface area contributed by atoms with E-state index in [1.165, 1.54) is 11.1 Å². The van der Waals surface area contributed by atoms with Crippen molar-refractivity contribution >= 4 is 11.9 Å². The Bertz CT molecular complexity index is 1310. The van der Waals surface area contributed by atoms with E-state index in [4.69, 9.17) is 4.74 Å².